The van der Waals surface area contributed by atoms with Gasteiger partial charge in [-0.1, -0.05) is 35.3 Å². The van der Waals surface area contributed by atoms with Crippen molar-refractivity contribution >= 4 is 29.0 Å². The molecule has 0 radical (unpaired) electrons. The first-order valence-electron chi connectivity index (χ1n) is 11.9. The Balaban J connectivity index is 1.33. The van der Waals surface area contributed by atoms with Gasteiger partial charge in [0.1, 0.15) is 30.2 Å². The third-order valence-electron chi connectivity index (χ3n) is 5.97. The van der Waals surface area contributed by atoms with Gasteiger partial charge in [-0.05, 0) is 35.9 Å². The highest BCUT2D eigenvalue weighted by Crippen LogP contribution is 2.33. The highest BCUT2D eigenvalue weighted by molar-refractivity contribution is 6.37. The number of ether oxygens (including phenoxy) is 3. The molecular weight excluding hydrogens is 501 g/mol. The van der Waals surface area contributed by atoms with Gasteiger partial charge in [0.15, 0.2) is 0 Å². The first-order chi connectivity index (χ1) is 17.5. The predicted molar refractivity (Wildman–Crippen MR) is 139 cm³/mol. The Kier molecular flexibility index (Phi) is 9.53. The van der Waals surface area contributed by atoms with Crippen molar-refractivity contribution in [3.05, 3.63) is 81.4 Å². The summed E-state index contributed by atoms with van der Waals surface area (Å²) in [6.45, 7) is 4.96. The summed E-state index contributed by atoms with van der Waals surface area (Å²) in [6, 6.07) is 13.2. The molecule has 2 heterocycles. The fraction of sp³-hybridized carbons (Fsp3) is 0.370. The third kappa shape index (κ3) is 7.40. The molecule has 0 N–H and O–H groups in total. The number of carbonyl (C=O) groups is 1. The van der Waals surface area contributed by atoms with Crippen LogP contribution in [0.2, 0.25) is 10.0 Å². The van der Waals surface area contributed by atoms with Gasteiger partial charge in [0.25, 0.3) is 0 Å². The third-order valence-corrected chi connectivity index (χ3v) is 6.74. The van der Waals surface area contributed by atoms with Crippen molar-refractivity contribution in [3.63, 3.8) is 0 Å². The Morgan fingerprint density at radius 3 is 2.67 bits per heavy atom. The second-order valence-corrected chi connectivity index (χ2v) is 9.35. The second-order valence-electron chi connectivity index (χ2n) is 8.56. The number of morpholine rings is 1. The smallest absolute Gasteiger partial charge is 0.143 e. The van der Waals surface area contributed by atoms with Crippen LogP contribution in [0.15, 0.2) is 48.8 Å². The summed E-state index contributed by atoms with van der Waals surface area (Å²) in [7, 11) is 1.52. The van der Waals surface area contributed by atoms with Crippen molar-refractivity contribution in [2.75, 3.05) is 46.6 Å². The standard InChI is InChI=1S/C27H29Cl2N3O4/c1-34-26-6-5-25(28)24(27(26)29)17-22(33)16-21-15-20(30-18-31-21)13-19-3-2-4-23(14-19)36-12-9-32-7-10-35-11-8-32/h2-6,14-15,18H,7-13,16-17H2,1H3. The summed E-state index contributed by atoms with van der Waals surface area (Å²) < 4.78 is 16.6. The van der Waals surface area contributed by atoms with Gasteiger partial charge >= 0.3 is 0 Å². The van der Waals surface area contributed by atoms with E-state index >= 15 is 0 Å². The number of rotatable bonds is 11. The quantitative estimate of drug-likeness (QED) is 0.363. The lowest BCUT2D eigenvalue weighted by Gasteiger charge is -2.26. The minimum absolute atomic E-state index is 0.0487. The fourth-order valence-corrected chi connectivity index (χ4v) is 4.65. The van der Waals surface area contributed by atoms with E-state index in [0.29, 0.717) is 40.1 Å². The van der Waals surface area contributed by atoms with Crippen LogP contribution >= 0.6 is 23.2 Å². The molecule has 0 saturated carbocycles. The average Bonchev–Trinajstić information content (AvgIpc) is 2.88. The molecule has 9 heteroatoms. The molecule has 36 heavy (non-hydrogen) atoms. The first kappa shape index (κ1) is 26.4. The summed E-state index contributed by atoms with van der Waals surface area (Å²) in [6.07, 6.45) is 2.35. The van der Waals surface area contributed by atoms with E-state index < -0.39 is 0 Å². The number of hydrogen-bond acceptors (Lipinski definition) is 7. The molecule has 0 aliphatic carbocycles. The Morgan fingerprint density at radius 2 is 1.86 bits per heavy atom. The number of halogens is 2. The summed E-state index contributed by atoms with van der Waals surface area (Å²) in [5.41, 5.74) is 3.11. The van der Waals surface area contributed by atoms with Crippen molar-refractivity contribution in [2.45, 2.75) is 19.3 Å². The molecule has 4 rings (SSSR count). The number of nitrogens with zero attached hydrogens (tertiary/aromatic N) is 3. The number of ketones is 1. The Bertz CT molecular complexity index is 1190. The van der Waals surface area contributed by atoms with Crippen LogP contribution in [0.4, 0.5) is 0 Å². The van der Waals surface area contributed by atoms with E-state index in [1.165, 1.54) is 13.4 Å². The lowest BCUT2D eigenvalue weighted by Crippen LogP contribution is -2.38. The van der Waals surface area contributed by atoms with Crippen molar-refractivity contribution in [3.8, 4) is 11.5 Å². The molecule has 1 aliphatic rings. The molecule has 190 valence electrons. The van der Waals surface area contributed by atoms with Gasteiger partial charge < -0.3 is 14.2 Å². The average molecular weight is 530 g/mol. The second kappa shape index (κ2) is 13.0. The van der Waals surface area contributed by atoms with Crippen LogP contribution in [0.1, 0.15) is 22.5 Å². The molecule has 1 saturated heterocycles. The molecule has 0 unspecified atom stereocenters. The number of Topliss-reactive ketones (excluding diaryl/α,β-unsaturated/α-hetero) is 1. The molecule has 0 spiro atoms. The van der Waals surface area contributed by atoms with E-state index in [9.17, 15) is 4.79 Å². The molecule has 1 aliphatic heterocycles. The zero-order valence-electron chi connectivity index (χ0n) is 20.2. The predicted octanol–water partition coefficient (Wildman–Crippen LogP) is 4.45. The largest absolute Gasteiger partial charge is 0.495 e. The van der Waals surface area contributed by atoms with Crippen molar-refractivity contribution in [2.24, 2.45) is 0 Å². The van der Waals surface area contributed by atoms with Crippen molar-refractivity contribution < 1.29 is 19.0 Å². The van der Waals surface area contributed by atoms with E-state index in [1.807, 2.05) is 30.3 Å². The van der Waals surface area contributed by atoms with Crippen LogP contribution in [0, 0.1) is 0 Å². The van der Waals surface area contributed by atoms with Crippen LogP contribution < -0.4 is 9.47 Å². The van der Waals surface area contributed by atoms with Crippen LogP contribution in [-0.4, -0.2) is 67.2 Å². The van der Waals surface area contributed by atoms with Gasteiger partial charge in [-0.2, -0.15) is 0 Å². The maximum Gasteiger partial charge on any atom is 0.143 e. The fourth-order valence-electron chi connectivity index (χ4n) is 4.07. The molecule has 0 bridgehead atoms. The van der Waals surface area contributed by atoms with Crippen molar-refractivity contribution in [1.82, 2.24) is 14.9 Å². The lowest BCUT2D eigenvalue weighted by molar-refractivity contribution is -0.117. The number of methoxy groups -OCH3 is 1. The minimum Gasteiger partial charge on any atom is -0.495 e. The number of aromatic nitrogens is 2. The Morgan fingerprint density at radius 1 is 1.06 bits per heavy atom. The topological polar surface area (TPSA) is 73.8 Å². The zero-order valence-corrected chi connectivity index (χ0v) is 21.7. The van der Waals surface area contributed by atoms with Gasteiger partial charge in [-0.15, -0.1) is 0 Å². The van der Waals surface area contributed by atoms with E-state index in [-0.39, 0.29) is 18.6 Å². The summed E-state index contributed by atoms with van der Waals surface area (Å²) >= 11 is 12.6. The number of carbonyl (C=O) groups excluding carboxylic acids is 1. The van der Waals surface area contributed by atoms with Crippen LogP contribution in [0.25, 0.3) is 0 Å². The maximum atomic E-state index is 12.8. The monoisotopic (exact) mass is 529 g/mol. The number of hydrogen-bond donors (Lipinski definition) is 0. The molecule has 0 amide bonds. The van der Waals surface area contributed by atoms with Crippen LogP contribution in [0.3, 0.4) is 0 Å². The van der Waals surface area contributed by atoms with Gasteiger partial charge in [0, 0.05) is 55.2 Å². The normalized spacial score (nSPS) is 14.0. The van der Waals surface area contributed by atoms with Gasteiger partial charge in [-0.25, -0.2) is 9.97 Å². The van der Waals surface area contributed by atoms with Gasteiger partial charge in [0.2, 0.25) is 0 Å². The molecule has 2 aromatic carbocycles. The Hall–Kier alpha value is -2.71. The van der Waals surface area contributed by atoms with E-state index in [1.54, 1.807) is 12.1 Å². The molecule has 7 nitrogen and oxygen atoms in total. The van der Waals surface area contributed by atoms with Crippen molar-refractivity contribution in [1.29, 1.82) is 0 Å². The molecular formula is C27H29Cl2N3O4. The molecule has 1 fully saturated rings. The SMILES string of the molecule is COc1ccc(Cl)c(CC(=O)Cc2cc(Cc3cccc(OCCN4CCOCC4)c3)ncn2)c1Cl. The van der Waals surface area contributed by atoms with Gasteiger partial charge in [0.05, 0.1) is 31.0 Å². The summed E-state index contributed by atoms with van der Waals surface area (Å²) in [5, 5.41) is 0.790. The summed E-state index contributed by atoms with van der Waals surface area (Å²) in [4.78, 5) is 23.8. The maximum absolute atomic E-state index is 12.8. The van der Waals surface area contributed by atoms with Gasteiger partial charge in [-0.3, -0.25) is 9.69 Å². The Labute approximate surface area is 221 Å². The highest BCUT2D eigenvalue weighted by atomic mass is 35.5. The van der Waals surface area contributed by atoms with E-state index in [4.69, 9.17) is 37.4 Å². The highest BCUT2D eigenvalue weighted by Gasteiger charge is 2.16. The van der Waals surface area contributed by atoms with Crippen LogP contribution in [-0.2, 0) is 28.8 Å². The zero-order chi connectivity index (χ0) is 25.3. The minimum atomic E-state index is -0.0487. The molecule has 0 atom stereocenters. The molecule has 3 aromatic rings. The molecule has 1 aromatic heterocycles. The lowest BCUT2D eigenvalue weighted by atomic mass is 10.0. The number of benzene rings is 2. The first-order valence-corrected chi connectivity index (χ1v) is 12.6. The van der Waals surface area contributed by atoms with Crippen LogP contribution in [0.5, 0.6) is 11.5 Å². The summed E-state index contributed by atoms with van der Waals surface area (Å²) in [5.74, 6) is 1.27. The van der Waals surface area contributed by atoms with E-state index in [2.05, 4.69) is 14.9 Å². The van der Waals surface area contributed by atoms with E-state index in [0.717, 1.165) is 49.9 Å².